The van der Waals surface area contributed by atoms with Crippen LogP contribution in [0, 0.1) is 5.82 Å². The first-order valence-corrected chi connectivity index (χ1v) is 11.3. The average Bonchev–Trinajstić information content (AvgIpc) is 3.27. The number of carbonyl (C=O) groups is 1. The SMILES string of the molecule is C=C(C(=O)c1ccccc1Cl)N1CCC[C@@H](Nc2ccnc(-c3cnc4ccc(F)cn34)n2)C1. The summed E-state index contributed by atoms with van der Waals surface area (Å²) in [7, 11) is 0. The number of likely N-dealkylation sites (tertiary alicyclic amines) is 1. The smallest absolute Gasteiger partial charge is 0.209 e. The van der Waals surface area contributed by atoms with Gasteiger partial charge < -0.3 is 10.2 Å². The number of ketones is 1. The van der Waals surface area contributed by atoms with Crippen molar-refractivity contribution in [3.63, 3.8) is 0 Å². The molecule has 0 spiro atoms. The molecule has 7 nitrogen and oxygen atoms in total. The normalized spacial score (nSPS) is 15.9. The molecule has 4 heterocycles. The first-order chi connectivity index (χ1) is 16.5. The quantitative estimate of drug-likeness (QED) is 0.316. The molecule has 1 fully saturated rings. The van der Waals surface area contributed by atoms with E-state index in [1.807, 2.05) is 4.90 Å². The maximum absolute atomic E-state index is 13.7. The molecule has 0 radical (unpaired) electrons. The summed E-state index contributed by atoms with van der Waals surface area (Å²) in [5, 5.41) is 3.86. The lowest BCUT2D eigenvalue weighted by Crippen LogP contribution is -2.43. The van der Waals surface area contributed by atoms with Crippen molar-refractivity contribution in [1.82, 2.24) is 24.3 Å². The molecule has 172 valence electrons. The predicted octanol–water partition coefficient (Wildman–Crippen LogP) is 4.86. The van der Waals surface area contributed by atoms with Crippen LogP contribution in [0.5, 0.6) is 0 Å². The van der Waals surface area contributed by atoms with Crippen LogP contribution in [-0.2, 0) is 0 Å². The zero-order valence-corrected chi connectivity index (χ0v) is 19.0. The van der Waals surface area contributed by atoms with Crippen LogP contribution in [0.1, 0.15) is 23.2 Å². The molecule has 0 saturated carbocycles. The maximum atomic E-state index is 13.7. The third-order valence-electron chi connectivity index (χ3n) is 5.89. The minimum atomic E-state index is -0.366. The summed E-state index contributed by atoms with van der Waals surface area (Å²) < 4.78 is 15.4. The van der Waals surface area contributed by atoms with Gasteiger partial charge in [-0.2, -0.15) is 0 Å². The van der Waals surface area contributed by atoms with Gasteiger partial charge in [-0.15, -0.1) is 0 Å². The molecule has 1 N–H and O–H groups in total. The van der Waals surface area contributed by atoms with E-state index in [4.69, 9.17) is 11.6 Å². The van der Waals surface area contributed by atoms with E-state index in [1.54, 1.807) is 53.2 Å². The van der Waals surface area contributed by atoms with Crippen molar-refractivity contribution in [2.75, 3.05) is 18.4 Å². The Bertz CT molecular complexity index is 1390. The molecule has 34 heavy (non-hydrogen) atoms. The first-order valence-electron chi connectivity index (χ1n) is 11.0. The van der Waals surface area contributed by atoms with Crippen molar-refractivity contribution >= 4 is 28.8 Å². The van der Waals surface area contributed by atoms with Gasteiger partial charge in [-0.1, -0.05) is 30.3 Å². The fraction of sp³-hybridized carbons (Fsp3) is 0.200. The topological polar surface area (TPSA) is 75.4 Å². The Hall–Kier alpha value is -3.78. The molecule has 0 unspecified atom stereocenters. The van der Waals surface area contributed by atoms with Crippen LogP contribution in [0.2, 0.25) is 5.02 Å². The highest BCUT2D eigenvalue weighted by atomic mass is 35.5. The van der Waals surface area contributed by atoms with Crippen LogP contribution in [0.4, 0.5) is 10.2 Å². The largest absolute Gasteiger partial charge is 0.367 e. The Morgan fingerprint density at radius 2 is 2.03 bits per heavy atom. The summed E-state index contributed by atoms with van der Waals surface area (Å²) in [6.07, 6.45) is 6.47. The van der Waals surface area contributed by atoms with E-state index in [0.29, 0.717) is 45.8 Å². The first kappa shape index (κ1) is 22.0. The Kier molecular flexibility index (Phi) is 5.98. The van der Waals surface area contributed by atoms with Crippen LogP contribution in [0.3, 0.4) is 0 Å². The Balaban J connectivity index is 1.31. The Labute approximate surface area is 200 Å². The predicted molar refractivity (Wildman–Crippen MR) is 129 cm³/mol. The second-order valence-electron chi connectivity index (χ2n) is 8.17. The van der Waals surface area contributed by atoms with Crippen molar-refractivity contribution in [2.45, 2.75) is 18.9 Å². The van der Waals surface area contributed by atoms with Gasteiger partial charge in [-0.25, -0.2) is 19.3 Å². The number of piperidine rings is 1. The highest BCUT2D eigenvalue weighted by molar-refractivity contribution is 6.34. The highest BCUT2D eigenvalue weighted by Crippen LogP contribution is 2.24. The van der Waals surface area contributed by atoms with Gasteiger partial charge >= 0.3 is 0 Å². The van der Waals surface area contributed by atoms with E-state index in [2.05, 4.69) is 26.8 Å². The number of fused-ring (bicyclic) bond motifs is 1. The number of hydrogen-bond acceptors (Lipinski definition) is 6. The number of benzene rings is 1. The van der Waals surface area contributed by atoms with E-state index in [1.165, 1.54) is 12.3 Å². The molecule has 9 heteroatoms. The van der Waals surface area contributed by atoms with Crippen molar-refractivity contribution in [3.05, 3.63) is 89.7 Å². The maximum Gasteiger partial charge on any atom is 0.209 e. The number of imidazole rings is 1. The van der Waals surface area contributed by atoms with Crippen LogP contribution < -0.4 is 5.32 Å². The number of carbonyl (C=O) groups excluding carboxylic acids is 1. The van der Waals surface area contributed by atoms with Crippen LogP contribution in [0.25, 0.3) is 17.2 Å². The summed E-state index contributed by atoms with van der Waals surface area (Å²) in [6, 6.07) is 11.8. The Morgan fingerprint density at radius 1 is 1.18 bits per heavy atom. The van der Waals surface area contributed by atoms with Gasteiger partial charge in [-0.3, -0.25) is 9.20 Å². The van der Waals surface area contributed by atoms with Crippen LogP contribution >= 0.6 is 11.6 Å². The zero-order chi connectivity index (χ0) is 23.7. The number of Topliss-reactive ketones (excluding diaryl/α,β-unsaturated/α-hetero) is 1. The van der Waals surface area contributed by atoms with E-state index >= 15 is 0 Å². The minimum Gasteiger partial charge on any atom is -0.367 e. The molecule has 0 amide bonds. The molecule has 4 aromatic rings. The van der Waals surface area contributed by atoms with E-state index in [9.17, 15) is 9.18 Å². The molecular formula is C25H22ClFN6O. The van der Waals surface area contributed by atoms with E-state index in [-0.39, 0.29) is 17.6 Å². The van der Waals surface area contributed by atoms with Gasteiger partial charge in [0.15, 0.2) is 5.82 Å². The van der Waals surface area contributed by atoms with Gasteiger partial charge in [0.25, 0.3) is 0 Å². The van der Waals surface area contributed by atoms with Crippen molar-refractivity contribution in [1.29, 1.82) is 0 Å². The van der Waals surface area contributed by atoms with Crippen molar-refractivity contribution < 1.29 is 9.18 Å². The second kappa shape index (κ2) is 9.23. The van der Waals surface area contributed by atoms with Crippen molar-refractivity contribution in [3.8, 4) is 11.5 Å². The van der Waals surface area contributed by atoms with Gasteiger partial charge in [0.05, 0.1) is 16.9 Å². The van der Waals surface area contributed by atoms with Crippen molar-refractivity contribution in [2.24, 2.45) is 0 Å². The molecule has 0 bridgehead atoms. The van der Waals surface area contributed by atoms with Gasteiger partial charge in [0, 0.05) is 37.1 Å². The number of nitrogens with one attached hydrogen (secondary N) is 1. The molecule has 0 aliphatic carbocycles. The summed E-state index contributed by atoms with van der Waals surface area (Å²) in [6.45, 7) is 5.40. The van der Waals surface area contributed by atoms with Gasteiger partial charge in [0.1, 0.15) is 23.0 Å². The van der Waals surface area contributed by atoms with Crippen LogP contribution in [0.15, 0.2) is 73.3 Å². The number of nitrogens with zero attached hydrogens (tertiary/aromatic N) is 5. The molecule has 1 aliphatic heterocycles. The fourth-order valence-electron chi connectivity index (χ4n) is 4.18. The standard InChI is InChI=1S/C25H22ClFN6O/c1-16(24(34)19-6-2-3-7-20(19)26)32-12-4-5-18(15-32)30-22-10-11-28-25(31-22)21-13-29-23-9-8-17(27)14-33(21)23/h2-3,6-11,13-14,18H,1,4-5,12,15H2,(H,28,30,31)/t18-/m1/s1. The summed E-state index contributed by atoms with van der Waals surface area (Å²) >= 11 is 6.21. The molecular weight excluding hydrogens is 455 g/mol. The van der Waals surface area contributed by atoms with E-state index < -0.39 is 0 Å². The second-order valence-corrected chi connectivity index (χ2v) is 8.58. The lowest BCUT2D eigenvalue weighted by atomic mass is 10.0. The number of allylic oxidation sites excluding steroid dienone is 1. The molecule has 5 rings (SSSR count). The number of halogens is 2. The summed E-state index contributed by atoms with van der Waals surface area (Å²) in [5.74, 6) is 0.547. The molecule has 1 aromatic carbocycles. The number of pyridine rings is 1. The van der Waals surface area contributed by atoms with Gasteiger partial charge in [0.2, 0.25) is 5.78 Å². The van der Waals surface area contributed by atoms with E-state index in [0.717, 1.165) is 19.4 Å². The zero-order valence-electron chi connectivity index (χ0n) is 18.3. The molecule has 1 saturated heterocycles. The third-order valence-corrected chi connectivity index (χ3v) is 6.22. The number of rotatable bonds is 6. The molecule has 3 aromatic heterocycles. The average molecular weight is 477 g/mol. The highest BCUT2D eigenvalue weighted by Gasteiger charge is 2.25. The monoisotopic (exact) mass is 476 g/mol. The molecule has 1 atom stereocenters. The third kappa shape index (κ3) is 4.36. The Morgan fingerprint density at radius 3 is 2.88 bits per heavy atom. The molecule has 1 aliphatic rings. The van der Waals surface area contributed by atoms with Gasteiger partial charge in [-0.05, 0) is 43.2 Å². The fourth-order valence-corrected chi connectivity index (χ4v) is 4.40. The summed E-state index contributed by atoms with van der Waals surface area (Å²) in [5.41, 5.74) is 2.09. The lowest BCUT2D eigenvalue weighted by molar-refractivity contribution is 0.0982. The number of anilines is 1. The van der Waals surface area contributed by atoms with Crippen LogP contribution in [-0.4, -0.2) is 49.2 Å². The summed E-state index contributed by atoms with van der Waals surface area (Å²) in [4.78, 5) is 28.2. The lowest BCUT2D eigenvalue weighted by Gasteiger charge is -2.35. The minimum absolute atomic E-state index is 0.0620. The number of aromatic nitrogens is 4. The number of hydrogen-bond donors (Lipinski definition) is 1.